The number of ether oxygens (including phenoxy) is 1. The molecule has 27 heavy (non-hydrogen) atoms. The van der Waals surface area contributed by atoms with Crippen molar-refractivity contribution in [1.82, 2.24) is 14.8 Å². The summed E-state index contributed by atoms with van der Waals surface area (Å²) in [5.74, 6) is 2.42. The number of guanidine groups is 1. The van der Waals surface area contributed by atoms with E-state index in [0.29, 0.717) is 5.92 Å². The van der Waals surface area contributed by atoms with Gasteiger partial charge < -0.3 is 23.9 Å². The van der Waals surface area contributed by atoms with Crippen LogP contribution in [0.2, 0.25) is 0 Å². The standard InChI is InChI=1S/C19H27BrN4O2.HI/c1-23-12-16(20)10-17(23)13-24(2)19(22-11-15-6-9-25-14-15)21-7-5-18-4-3-8-26-18;/h3-4,8,10,12,15H,5-7,9,11,13-14H2,1-2H3,(H,21,22);1H. The minimum atomic E-state index is 0. The molecule has 0 bridgehead atoms. The summed E-state index contributed by atoms with van der Waals surface area (Å²) >= 11 is 3.54. The van der Waals surface area contributed by atoms with E-state index in [0.717, 1.165) is 61.9 Å². The molecular formula is C19H28BrIN4O2. The van der Waals surface area contributed by atoms with Crippen molar-refractivity contribution in [1.29, 1.82) is 0 Å². The van der Waals surface area contributed by atoms with Crippen LogP contribution in [0.3, 0.4) is 0 Å². The average molecular weight is 551 g/mol. The lowest BCUT2D eigenvalue weighted by Gasteiger charge is -2.23. The molecule has 1 unspecified atom stereocenters. The summed E-state index contributed by atoms with van der Waals surface area (Å²) in [6.45, 7) is 4.04. The number of nitrogens with one attached hydrogen (secondary N) is 1. The molecule has 0 spiro atoms. The molecule has 3 rings (SSSR count). The predicted molar refractivity (Wildman–Crippen MR) is 122 cm³/mol. The summed E-state index contributed by atoms with van der Waals surface area (Å²) in [6, 6.07) is 6.06. The van der Waals surface area contributed by atoms with Gasteiger partial charge in [0.2, 0.25) is 0 Å². The van der Waals surface area contributed by atoms with Crippen LogP contribution in [0.1, 0.15) is 17.9 Å². The highest BCUT2D eigenvalue weighted by Crippen LogP contribution is 2.16. The first kappa shape index (κ1) is 22.3. The van der Waals surface area contributed by atoms with Crippen LogP contribution in [0.5, 0.6) is 0 Å². The van der Waals surface area contributed by atoms with Crippen molar-refractivity contribution >= 4 is 45.9 Å². The van der Waals surface area contributed by atoms with Crippen LogP contribution in [-0.4, -0.2) is 48.8 Å². The number of aryl methyl sites for hydroxylation is 1. The third-order valence-corrected chi connectivity index (χ3v) is 5.03. The summed E-state index contributed by atoms with van der Waals surface area (Å²) in [6.07, 6.45) is 5.71. The maximum absolute atomic E-state index is 5.47. The van der Waals surface area contributed by atoms with E-state index in [1.54, 1.807) is 6.26 Å². The minimum absolute atomic E-state index is 0. The Balaban J connectivity index is 0.00000261. The molecule has 2 aromatic heterocycles. The molecule has 3 heterocycles. The number of aliphatic imine (C=N–C) groups is 1. The van der Waals surface area contributed by atoms with Crippen LogP contribution in [0.15, 0.2) is 44.5 Å². The zero-order valence-electron chi connectivity index (χ0n) is 15.9. The molecule has 1 saturated heterocycles. The highest BCUT2D eigenvalue weighted by Gasteiger charge is 2.16. The van der Waals surface area contributed by atoms with Gasteiger partial charge in [-0.2, -0.15) is 0 Å². The fourth-order valence-corrected chi connectivity index (χ4v) is 3.62. The van der Waals surface area contributed by atoms with Crippen molar-refractivity contribution in [2.45, 2.75) is 19.4 Å². The Kier molecular flexibility index (Phi) is 9.17. The normalized spacial score (nSPS) is 17.0. The minimum Gasteiger partial charge on any atom is -0.469 e. The summed E-state index contributed by atoms with van der Waals surface area (Å²) in [5, 5.41) is 3.48. The number of aromatic nitrogens is 1. The number of hydrogen-bond donors (Lipinski definition) is 1. The van der Waals surface area contributed by atoms with Gasteiger partial charge in [0.05, 0.1) is 19.4 Å². The number of hydrogen-bond acceptors (Lipinski definition) is 3. The molecule has 2 aromatic rings. The topological polar surface area (TPSA) is 54.9 Å². The van der Waals surface area contributed by atoms with Crippen LogP contribution >= 0.6 is 39.9 Å². The predicted octanol–water partition coefficient (Wildman–Crippen LogP) is 3.66. The van der Waals surface area contributed by atoms with Gasteiger partial charge in [-0.15, -0.1) is 24.0 Å². The quantitative estimate of drug-likeness (QED) is 0.325. The Morgan fingerprint density at radius 2 is 2.33 bits per heavy atom. The monoisotopic (exact) mass is 550 g/mol. The van der Waals surface area contributed by atoms with E-state index in [-0.39, 0.29) is 24.0 Å². The molecule has 1 atom stereocenters. The van der Waals surface area contributed by atoms with Gasteiger partial charge in [-0.25, -0.2) is 0 Å². The Morgan fingerprint density at radius 3 is 2.96 bits per heavy atom. The third-order valence-electron chi connectivity index (χ3n) is 4.59. The van der Waals surface area contributed by atoms with Crippen molar-refractivity contribution in [3.8, 4) is 0 Å². The van der Waals surface area contributed by atoms with Crippen LogP contribution in [0, 0.1) is 5.92 Å². The van der Waals surface area contributed by atoms with E-state index in [4.69, 9.17) is 14.1 Å². The van der Waals surface area contributed by atoms with Crippen molar-refractivity contribution in [2.24, 2.45) is 18.0 Å². The summed E-state index contributed by atoms with van der Waals surface area (Å²) in [4.78, 5) is 7.02. The van der Waals surface area contributed by atoms with Crippen LogP contribution in [0.25, 0.3) is 0 Å². The molecule has 1 aliphatic heterocycles. The highest BCUT2D eigenvalue weighted by molar-refractivity contribution is 14.0. The molecule has 0 radical (unpaired) electrons. The van der Waals surface area contributed by atoms with Gasteiger partial charge in [0.15, 0.2) is 5.96 Å². The molecular weight excluding hydrogens is 523 g/mol. The molecule has 0 aliphatic carbocycles. The fourth-order valence-electron chi connectivity index (χ4n) is 3.05. The second-order valence-electron chi connectivity index (χ2n) is 6.77. The average Bonchev–Trinajstić information content (AvgIpc) is 3.34. The lowest BCUT2D eigenvalue weighted by molar-refractivity contribution is 0.187. The molecule has 150 valence electrons. The summed E-state index contributed by atoms with van der Waals surface area (Å²) in [7, 11) is 4.13. The van der Waals surface area contributed by atoms with Crippen LogP contribution in [0.4, 0.5) is 0 Å². The summed E-state index contributed by atoms with van der Waals surface area (Å²) in [5.41, 5.74) is 1.23. The van der Waals surface area contributed by atoms with Crippen molar-refractivity contribution in [3.63, 3.8) is 0 Å². The molecule has 0 saturated carbocycles. The fraction of sp³-hybridized carbons (Fsp3) is 0.526. The van der Waals surface area contributed by atoms with Gasteiger partial charge in [0, 0.05) is 62.5 Å². The number of halogens is 2. The van der Waals surface area contributed by atoms with Crippen LogP contribution in [-0.2, 0) is 24.8 Å². The number of nitrogens with zero attached hydrogens (tertiary/aromatic N) is 3. The lowest BCUT2D eigenvalue weighted by atomic mass is 10.1. The maximum Gasteiger partial charge on any atom is 0.194 e. The zero-order chi connectivity index (χ0) is 18.4. The first-order chi connectivity index (χ1) is 12.6. The molecule has 8 heteroatoms. The maximum atomic E-state index is 5.47. The molecule has 6 nitrogen and oxygen atoms in total. The van der Waals surface area contributed by atoms with E-state index >= 15 is 0 Å². The van der Waals surface area contributed by atoms with E-state index in [2.05, 4.69) is 57.1 Å². The van der Waals surface area contributed by atoms with Gasteiger partial charge in [-0.05, 0) is 40.5 Å². The van der Waals surface area contributed by atoms with E-state index in [9.17, 15) is 0 Å². The van der Waals surface area contributed by atoms with E-state index < -0.39 is 0 Å². The van der Waals surface area contributed by atoms with Gasteiger partial charge in [0.25, 0.3) is 0 Å². The first-order valence-corrected chi connectivity index (χ1v) is 9.81. The van der Waals surface area contributed by atoms with Crippen LogP contribution < -0.4 is 5.32 Å². The molecule has 1 fully saturated rings. The summed E-state index contributed by atoms with van der Waals surface area (Å²) < 4.78 is 14.1. The van der Waals surface area contributed by atoms with Gasteiger partial charge >= 0.3 is 0 Å². The number of rotatable bonds is 7. The third kappa shape index (κ3) is 6.83. The lowest BCUT2D eigenvalue weighted by Crippen LogP contribution is -2.40. The Labute approximate surface area is 186 Å². The molecule has 0 amide bonds. The van der Waals surface area contributed by atoms with E-state index in [1.807, 2.05) is 12.1 Å². The highest BCUT2D eigenvalue weighted by atomic mass is 127. The second kappa shape index (κ2) is 11.1. The first-order valence-electron chi connectivity index (χ1n) is 9.02. The van der Waals surface area contributed by atoms with E-state index in [1.165, 1.54) is 5.69 Å². The Bertz CT molecular complexity index is 711. The van der Waals surface area contributed by atoms with Gasteiger partial charge in [0.1, 0.15) is 5.76 Å². The number of furan rings is 1. The second-order valence-corrected chi connectivity index (χ2v) is 7.68. The molecule has 0 aromatic carbocycles. The van der Waals surface area contributed by atoms with Crippen molar-refractivity contribution < 1.29 is 9.15 Å². The van der Waals surface area contributed by atoms with Gasteiger partial charge in [-0.1, -0.05) is 0 Å². The smallest absolute Gasteiger partial charge is 0.194 e. The Morgan fingerprint density at radius 1 is 1.48 bits per heavy atom. The van der Waals surface area contributed by atoms with Crippen molar-refractivity contribution in [3.05, 3.63) is 46.6 Å². The van der Waals surface area contributed by atoms with Crippen molar-refractivity contribution in [2.75, 3.05) is 33.4 Å². The molecule has 1 N–H and O–H groups in total. The largest absolute Gasteiger partial charge is 0.469 e. The SMILES string of the molecule is CN(Cc1cc(Br)cn1C)C(=NCC1CCOC1)NCCc1ccco1.I. The zero-order valence-corrected chi connectivity index (χ0v) is 19.8. The Hall–Kier alpha value is -1.000. The molecule has 1 aliphatic rings. The van der Waals surface area contributed by atoms with Gasteiger partial charge in [-0.3, -0.25) is 4.99 Å².